The number of hydrogen-bond acceptors (Lipinski definition) is 3. The van der Waals surface area contributed by atoms with Crippen molar-refractivity contribution >= 4 is 5.91 Å². The zero-order valence-corrected chi connectivity index (χ0v) is 9.12. The first-order chi connectivity index (χ1) is 8.39. The molecule has 18 heavy (non-hydrogen) atoms. The number of rotatable bonds is 1. The number of carbonyl (C=O) groups is 1. The predicted octanol–water partition coefficient (Wildman–Crippen LogP) is 1.40. The van der Waals surface area contributed by atoms with Crippen molar-refractivity contribution < 1.29 is 27.8 Å². The lowest BCUT2D eigenvalue weighted by Gasteiger charge is -2.16. The molecule has 1 unspecified atom stereocenters. The summed E-state index contributed by atoms with van der Waals surface area (Å²) in [5.74, 6) is -0.304. The quantitative estimate of drug-likeness (QED) is 0.803. The summed E-state index contributed by atoms with van der Waals surface area (Å²) in [6.45, 7) is 0.532. The minimum absolute atomic E-state index is 0.00620. The third-order valence-corrected chi connectivity index (χ3v) is 2.52. The Balaban J connectivity index is 2.40. The minimum Gasteiger partial charge on any atom is -0.491 e. The van der Waals surface area contributed by atoms with Gasteiger partial charge in [0.2, 0.25) is 0 Å². The van der Waals surface area contributed by atoms with E-state index in [1.807, 2.05) is 0 Å². The van der Waals surface area contributed by atoms with Crippen LogP contribution in [0.15, 0.2) is 18.2 Å². The van der Waals surface area contributed by atoms with E-state index in [1.54, 1.807) is 0 Å². The molecular weight excluding hydrogens is 251 g/mol. The smallest absolute Gasteiger partial charge is 0.418 e. The van der Waals surface area contributed by atoms with Crippen LogP contribution in [-0.2, 0) is 0 Å². The molecule has 4 nitrogen and oxygen atoms in total. The van der Waals surface area contributed by atoms with E-state index in [4.69, 9.17) is 9.84 Å². The molecule has 1 atom stereocenters. The molecule has 0 aliphatic carbocycles. The minimum atomic E-state index is -4.77. The van der Waals surface area contributed by atoms with Crippen LogP contribution in [0.4, 0.5) is 13.2 Å². The highest BCUT2D eigenvalue weighted by Crippen LogP contribution is 2.34. The molecule has 1 amide bonds. The summed E-state index contributed by atoms with van der Waals surface area (Å²) in [6.07, 6.45) is -7.38. The van der Waals surface area contributed by atoms with Crippen LogP contribution in [0.25, 0.3) is 0 Å². The van der Waals surface area contributed by atoms with Crippen LogP contribution < -0.4 is 10.1 Å². The number of amides is 1. The summed E-state index contributed by atoms with van der Waals surface area (Å²) in [4.78, 5) is 11.6. The van der Waals surface area contributed by atoms with E-state index in [0.29, 0.717) is 0 Å². The van der Waals surface area contributed by atoms with E-state index >= 15 is 0 Å². The van der Waals surface area contributed by atoms with Crippen molar-refractivity contribution in [2.75, 3.05) is 13.2 Å². The summed E-state index contributed by atoms with van der Waals surface area (Å²) in [7, 11) is 0. The van der Waals surface area contributed by atoms with Crippen LogP contribution in [0.2, 0.25) is 0 Å². The van der Waals surface area contributed by atoms with E-state index in [0.717, 1.165) is 12.1 Å². The first kappa shape index (κ1) is 12.7. The standard InChI is InChI=1S/C11H10F3NO3/c12-11(13,14)9(16)6-1-2-8-7(5-6)10(17)15-3-4-18-8/h1-2,5,9,16H,3-4H2,(H,15,17). The van der Waals surface area contributed by atoms with Gasteiger partial charge in [-0.2, -0.15) is 13.2 Å². The van der Waals surface area contributed by atoms with E-state index in [-0.39, 0.29) is 30.0 Å². The number of halogens is 3. The van der Waals surface area contributed by atoms with Gasteiger partial charge in [-0.3, -0.25) is 4.79 Å². The van der Waals surface area contributed by atoms with Gasteiger partial charge in [0.1, 0.15) is 12.4 Å². The normalized spacial score (nSPS) is 17.2. The number of carbonyl (C=O) groups excluding carboxylic acids is 1. The van der Waals surface area contributed by atoms with Crippen LogP contribution in [0.1, 0.15) is 22.0 Å². The summed E-state index contributed by atoms with van der Waals surface area (Å²) in [6, 6.07) is 3.34. The summed E-state index contributed by atoms with van der Waals surface area (Å²) in [5, 5.41) is 11.6. The van der Waals surface area contributed by atoms with Crippen molar-refractivity contribution in [1.29, 1.82) is 0 Å². The molecule has 1 heterocycles. The average Bonchev–Trinajstić information content (AvgIpc) is 2.49. The van der Waals surface area contributed by atoms with E-state index in [2.05, 4.69) is 5.32 Å². The number of nitrogens with one attached hydrogen (secondary N) is 1. The second kappa shape index (κ2) is 4.49. The number of aliphatic hydroxyl groups excluding tert-OH is 1. The van der Waals surface area contributed by atoms with Gasteiger partial charge in [-0.05, 0) is 17.7 Å². The predicted molar refractivity (Wildman–Crippen MR) is 55.3 cm³/mol. The Morgan fingerprint density at radius 3 is 2.78 bits per heavy atom. The largest absolute Gasteiger partial charge is 0.491 e. The Kier molecular flexibility index (Phi) is 3.16. The molecule has 0 aromatic heterocycles. The first-order valence-electron chi connectivity index (χ1n) is 5.19. The molecule has 1 aliphatic rings. The topological polar surface area (TPSA) is 58.6 Å². The zero-order chi connectivity index (χ0) is 13.3. The molecular formula is C11H10F3NO3. The number of alkyl halides is 3. The molecule has 1 aliphatic heterocycles. The van der Waals surface area contributed by atoms with Crippen molar-refractivity contribution in [3.05, 3.63) is 29.3 Å². The fraction of sp³-hybridized carbons (Fsp3) is 0.364. The number of ether oxygens (including phenoxy) is 1. The SMILES string of the molecule is O=C1NCCOc2ccc(C(O)C(F)(F)F)cc21. The van der Waals surface area contributed by atoms with Gasteiger partial charge >= 0.3 is 6.18 Å². The van der Waals surface area contributed by atoms with Gasteiger partial charge < -0.3 is 15.2 Å². The Hall–Kier alpha value is -1.76. The second-order valence-electron chi connectivity index (χ2n) is 3.80. The average molecular weight is 261 g/mol. The first-order valence-corrected chi connectivity index (χ1v) is 5.19. The highest BCUT2D eigenvalue weighted by molar-refractivity contribution is 5.97. The van der Waals surface area contributed by atoms with Crippen LogP contribution in [0, 0.1) is 0 Å². The summed E-state index contributed by atoms with van der Waals surface area (Å²) in [5.41, 5.74) is -0.393. The van der Waals surface area contributed by atoms with Crippen molar-refractivity contribution in [3.63, 3.8) is 0 Å². The molecule has 98 valence electrons. The Morgan fingerprint density at radius 1 is 1.39 bits per heavy atom. The van der Waals surface area contributed by atoms with E-state index in [9.17, 15) is 18.0 Å². The third kappa shape index (κ3) is 2.40. The van der Waals surface area contributed by atoms with Gasteiger partial charge in [0.25, 0.3) is 5.91 Å². The molecule has 1 aromatic carbocycles. The third-order valence-electron chi connectivity index (χ3n) is 2.52. The molecule has 2 rings (SSSR count). The maximum absolute atomic E-state index is 12.4. The van der Waals surface area contributed by atoms with Gasteiger partial charge in [-0.1, -0.05) is 6.07 Å². The van der Waals surface area contributed by atoms with E-state index in [1.165, 1.54) is 6.07 Å². The molecule has 0 saturated heterocycles. The van der Waals surface area contributed by atoms with Crippen LogP contribution >= 0.6 is 0 Å². The zero-order valence-electron chi connectivity index (χ0n) is 9.12. The fourth-order valence-electron chi connectivity index (χ4n) is 1.63. The second-order valence-corrected chi connectivity index (χ2v) is 3.80. The van der Waals surface area contributed by atoms with Gasteiger partial charge in [0.15, 0.2) is 6.10 Å². The molecule has 0 radical (unpaired) electrons. The summed E-state index contributed by atoms with van der Waals surface area (Å²) >= 11 is 0. The maximum atomic E-state index is 12.4. The number of fused-ring (bicyclic) bond motifs is 1. The Labute approximate surface area is 100 Å². The highest BCUT2D eigenvalue weighted by atomic mass is 19.4. The van der Waals surface area contributed by atoms with Crippen molar-refractivity contribution in [2.45, 2.75) is 12.3 Å². The Bertz CT molecular complexity index is 473. The number of benzene rings is 1. The maximum Gasteiger partial charge on any atom is 0.418 e. The van der Waals surface area contributed by atoms with Gasteiger partial charge in [-0.25, -0.2) is 0 Å². The van der Waals surface area contributed by atoms with Gasteiger partial charge in [0, 0.05) is 0 Å². The van der Waals surface area contributed by atoms with E-state index < -0.39 is 18.2 Å². The molecule has 0 bridgehead atoms. The lowest BCUT2D eigenvalue weighted by molar-refractivity contribution is -0.206. The number of aliphatic hydroxyl groups is 1. The van der Waals surface area contributed by atoms with Gasteiger partial charge in [-0.15, -0.1) is 0 Å². The number of hydrogen-bond donors (Lipinski definition) is 2. The van der Waals surface area contributed by atoms with Crippen LogP contribution in [0.5, 0.6) is 5.75 Å². The van der Waals surface area contributed by atoms with Crippen LogP contribution in [-0.4, -0.2) is 30.3 Å². The monoisotopic (exact) mass is 261 g/mol. The molecule has 1 aromatic rings. The molecule has 0 fully saturated rings. The molecule has 7 heteroatoms. The lowest BCUT2D eigenvalue weighted by Crippen LogP contribution is -2.25. The lowest BCUT2D eigenvalue weighted by atomic mass is 10.0. The highest BCUT2D eigenvalue weighted by Gasteiger charge is 2.39. The fourth-order valence-corrected chi connectivity index (χ4v) is 1.63. The van der Waals surface area contributed by atoms with Gasteiger partial charge in [0.05, 0.1) is 12.1 Å². The molecule has 2 N–H and O–H groups in total. The van der Waals surface area contributed by atoms with Crippen molar-refractivity contribution in [3.8, 4) is 5.75 Å². The van der Waals surface area contributed by atoms with Crippen LogP contribution in [0.3, 0.4) is 0 Å². The Morgan fingerprint density at radius 2 is 2.11 bits per heavy atom. The molecule has 0 spiro atoms. The summed E-state index contributed by atoms with van der Waals surface area (Å²) < 4.78 is 42.3. The van der Waals surface area contributed by atoms with Crippen molar-refractivity contribution in [2.24, 2.45) is 0 Å². The molecule has 0 saturated carbocycles. The van der Waals surface area contributed by atoms with Crippen molar-refractivity contribution in [1.82, 2.24) is 5.32 Å².